The molecule has 4 aromatic rings. The fourth-order valence-electron chi connectivity index (χ4n) is 3.91. The SMILES string of the molecule is CCNC(=O)Nc1cc(-c2nc(F)cs2)c(-c2ccc3c(c2)c(=O)c(C(=O)O)cn3CCCOC)cn1. The van der Waals surface area contributed by atoms with Crippen LogP contribution in [0, 0.1) is 5.95 Å². The second-order valence-electron chi connectivity index (χ2n) is 8.02. The summed E-state index contributed by atoms with van der Waals surface area (Å²) in [4.78, 5) is 45.1. The van der Waals surface area contributed by atoms with E-state index in [-0.39, 0.29) is 16.8 Å². The lowest BCUT2D eigenvalue weighted by atomic mass is 9.99. The Kier molecular flexibility index (Phi) is 7.89. The monoisotopic (exact) mass is 525 g/mol. The van der Waals surface area contributed by atoms with Gasteiger partial charge in [0.15, 0.2) is 0 Å². The highest BCUT2D eigenvalue weighted by Crippen LogP contribution is 2.35. The number of thiazole rings is 1. The molecule has 3 N–H and O–H groups in total. The summed E-state index contributed by atoms with van der Waals surface area (Å²) in [5.41, 5.74) is 1.19. The van der Waals surface area contributed by atoms with E-state index in [0.717, 1.165) is 11.3 Å². The summed E-state index contributed by atoms with van der Waals surface area (Å²) in [5, 5.41) is 16.7. The molecule has 0 saturated heterocycles. The molecule has 0 radical (unpaired) electrons. The first kappa shape index (κ1) is 25.9. The molecule has 0 aliphatic rings. The maximum Gasteiger partial charge on any atom is 0.341 e. The van der Waals surface area contributed by atoms with E-state index in [0.29, 0.717) is 53.3 Å². The number of carbonyl (C=O) groups excluding carboxylic acids is 1. The predicted octanol–water partition coefficient (Wildman–Crippen LogP) is 4.20. The highest BCUT2D eigenvalue weighted by Gasteiger charge is 2.18. The van der Waals surface area contributed by atoms with Crippen LogP contribution in [0.2, 0.25) is 0 Å². The Morgan fingerprint density at radius 3 is 2.73 bits per heavy atom. The van der Waals surface area contributed by atoms with Crippen LogP contribution in [-0.4, -0.2) is 51.9 Å². The molecule has 0 saturated carbocycles. The van der Waals surface area contributed by atoms with Crippen molar-refractivity contribution in [2.75, 3.05) is 25.6 Å². The van der Waals surface area contributed by atoms with Crippen molar-refractivity contribution in [2.24, 2.45) is 0 Å². The fraction of sp³-hybridized carbons (Fsp3) is 0.240. The molecule has 3 heterocycles. The maximum absolute atomic E-state index is 13.8. The van der Waals surface area contributed by atoms with Gasteiger partial charge in [0.05, 0.1) is 5.52 Å². The number of nitrogens with zero attached hydrogens (tertiary/aromatic N) is 3. The van der Waals surface area contributed by atoms with Crippen molar-refractivity contribution in [3.63, 3.8) is 0 Å². The molecular weight excluding hydrogens is 501 g/mol. The number of halogens is 1. The molecule has 0 fully saturated rings. The lowest BCUT2D eigenvalue weighted by Crippen LogP contribution is -2.28. The third-order valence-corrected chi connectivity index (χ3v) is 6.41. The summed E-state index contributed by atoms with van der Waals surface area (Å²) in [5.74, 6) is -1.74. The topological polar surface area (TPSA) is 135 Å². The van der Waals surface area contributed by atoms with Gasteiger partial charge in [-0.05, 0) is 37.1 Å². The van der Waals surface area contributed by atoms with E-state index in [1.807, 2.05) is 0 Å². The number of carboxylic acids is 1. The summed E-state index contributed by atoms with van der Waals surface area (Å²) in [6, 6.07) is 6.23. The number of urea groups is 1. The molecule has 37 heavy (non-hydrogen) atoms. The molecular formula is C25H24FN5O5S. The molecule has 3 aromatic heterocycles. The van der Waals surface area contributed by atoms with Gasteiger partial charge in [-0.1, -0.05) is 6.07 Å². The zero-order valence-corrected chi connectivity index (χ0v) is 20.9. The number of ether oxygens (including phenoxy) is 1. The Labute approximate surface area is 214 Å². The molecule has 0 bridgehead atoms. The van der Waals surface area contributed by atoms with Crippen molar-refractivity contribution in [3.8, 4) is 21.7 Å². The summed E-state index contributed by atoms with van der Waals surface area (Å²) >= 11 is 1.08. The van der Waals surface area contributed by atoms with Gasteiger partial charge in [0.25, 0.3) is 0 Å². The van der Waals surface area contributed by atoms with Crippen LogP contribution in [0.3, 0.4) is 0 Å². The van der Waals surface area contributed by atoms with Crippen molar-refractivity contribution >= 4 is 40.1 Å². The Morgan fingerprint density at radius 1 is 1.24 bits per heavy atom. The number of pyridine rings is 2. The number of fused-ring (bicyclic) bond motifs is 1. The van der Waals surface area contributed by atoms with E-state index in [1.165, 1.54) is 17.8 Å². The lowest BCUT2D eigenvalue weighted by Gasteiger charge is -2.15. The van der Waals surface area contributed by atoms with E-state index in [9.17, 15) is 23.9 Å². The first-order valence-electron chi connectivity index (χ1n) is 11.4. The number of benzene rings is 1. The zero-order valence-electron chi connectivity index (χ0n) is 20.1. The van der Waals surface area contributed by atoms with E-state index < -0.39 is 23.4 Å². The minimum absolute atomic E-state index is 0.218. The van der Waals surface area contributed by atoms with Crippen LogP contribution in [0.5, 0.6) is 0 Å². The van der Waals surface area contributed by atoms with Gasteiger partial charge in [0.1, 0.15) is 16.4 Å². The van der Waals surface area contributed by atoms with Gasteiger partial charge in [-0.25, -0.2) is 19.6 Å². The Hall–Kier alpha value is -4.16. The third-order valence-electron chi connectivity index (χ3n) is 5.56. The van der Waals surface area contributed by atoms with Crippen LogP contribution in [0.15, 0.2) is 46.8 Å². The highest BCUT2D eigenvalue weighted by molar-refractivity contribution is 7.13. The molecule has 0 aliphatic carbocycles. The number of nitrogens with one attached hydrogen (secondary N) is 2. The average Bonchev–Trinajstić information content (AvgIpc) is 3.31. The first-order valence-corrected chi connectivity index (χ1v) is 12.3. The number of anilines is 1. The number of aromatic nitrogens is 3. The first-order chi connectivity index (χ1) is 17.8. The Morgan fingerprint density at radius 2 is 2.05 bits per heavy atom. The normalized spacial score (nSPS) is 11.0. The van der Waals surface area contributed by atoms with Crippen LogP contribution < -0.4 is 16.1 Å². The van der Waals surface area contributed by atoms with E-state index >= 15 is 0 Å². The standard InChI is InChI=1S/C25H24FN5O5S/c1-3-27-25(35)30-21-10-15(23-29-20(26)13-37-23)17(11-28-21)14-5-6-19-16(9-14)22(32)18(24(33)34)12-31(19)7-4-8-36-2/h5-6,9-13H,3-4,7-8H2,1-2H3,(H,33,34)(H2,27,28,30,35). The number of carbonyl (C=O) groups is 2. The van der Waals surface area contributed by atoms with Crippen molar-refractivity contribution in [2.45, 2.75) is 19.9 Å². The van der Waals surface area contributed by atoms with E-state index in [2.05, 4.69) is 20.6 Å². The minimum Gasteiger partial charge on any atom is -0.477 e. The summed E-state index contributed by atoms with van der Waals surface area (Å²) in [6.07, 6.45) is 3.46. The molecule has 12 heteroatoms. The number of aryl methyl sites for hydroxylation is 1. The molecule has 0 unspecified atom stereocenters. The van der Waals surface area contributed by atoms with Gasteiger partial charge < -0.3 is 19.7 Å². The number of amides is 2. The largest absolute Gasteiger partial charge is 0.477 e. The van der Waals surface area contributed by atoms with Gasteiger partial charge >= 0.3 is 12.0 Å². The van der Waals surface area contributed by atoms with Crippen LogP contribution in [0.1, 0.15) is 23.7 Å². The van der Waals surface area contributed by atoms with Gasteiger partial charge in [0.2, 0.25) is 11.4 Å². The van der Waals surface area contributed by atoms with Gasteiger partial charge in [-0.3, -0.25) is 10.1 Å². The predicted molar refractivity (Wildman–Crippen MR) is 139 cm³/mol. The highest BCUT2D eigenvalue weighted by atomic mass is 32.1. The zero-order chi connectivity index (χ0) is 26.5. The third kappa shape index (κ3) is 5.65. The van der Waals surface area contributed by atoms with Crippen LogP contribution in [0.25, 0.3) is 32.6 Å². The van der Waals surface area contributed by atoms with Gasteiger partial charge in [-0.2, -0.15) is 4.39 Å². The number of rotatable bonds is 9. The number of carboxylic acid groups (broad SMARTS) is 1. The maximum atomic E-state index is 13.8. The molecule has 10 nitrogen and oxygen atoms in total. The number of aromatic carboxylic acids is 1. The lowest BCUT2D eigenvalue weighted by molar-refractivity contribution is 0.0694. The fourth-order valence-corrected chi connectivity index (χ4v) is 4.61. The van der Waals surface area contributed by atoms with Crippen molar-refractivity contribution < 1.29 is 23.8 Å². The average molecular weight is 526 g/mol. The summed E-state index contributed by atoms with van der Waals surface area (Å²) < 4.78 is 20.6. The molecule has 0 spiro atoms. The quantitative estimate of drug-likeness (QED) is 0.279. The smallest absolute Gasteiger partial charge is 0.341 e. The van der Waals surface area contributed by atoms with E-state index in [4.69, 9.17) is 4.74 Å². The van der Waals surface area contributed by atoms with Crippen LogP contribution in [-0.2, 0) is 11.3 Å². The summed E-state index contributed by atoms with van der Waals surface area (Å²) in [7, 11) is 1.58. The Balaban J connectivity index is 1.87. The molecule has 4 rings (SSSR count). The summed E-state index contributed by atoms with van der Waals surface area (Å²) in [6.45, 7) is 3.13. The van der Waals surface area contributed by atoms with Gasteiger partial charge in [0, 0.05) is 61.1 Å². The number of hydrogen-bond acceptors (Lipinski definition) is 7. The number of methoxy groups -OCH3 is 1. The van der Waals surface area contributed by atoms with Crippen LogP contribution in [0.4, 0.5) is 15.0 Å². The van der Waals surface area contributed by atoms with E-state index in [1.54, 1.807) is 42.9 Å². The van der Waals surface area contributed by atoms with Crippen LogP contribution >= 0.6 is 11.3 Å². The molecule has 1 aromatic carbocycles. The second kappa shape index (κ2) is 11.3. The molecule has 0 aliphatic heterocycles. The van der Waals surface area contributed by atoms with Crippen molar-refractivity contribution in [3.05, 3.63) is 63.8 Å². The molecule has 0 atom stereocenters. The molecule has 192 valence electrons. The second-order valence-corrected chi connectivity index (χ2v) is 8.88. The minimum atomic E-state index is -1.32. The Bertz CT molecular complexity index is 1530. The van der Waals surface area contributed by atoms with Gasteiger partial charge in [-0.15, -0.1) is 11.3 Å². The molecule has 2 amide bonds. The van der Waals surface area contributed by atoms with Crippen molar-refractivity contribution in [1.82, 2.24) is 19.9 Å². The number of hydrogen-bond donors (Lipinski definition) is 3. The van der Waals surface area contributed by atoms with Crippen molar-refractivity contribution in [1.29, 1.82) is 0 Å².